The molecule has 0 saturated heterocycles. The molecule has 19 heavy (non-hydrogen) atoms. The van der Waals surface area contributed by atoms with Crippen LogP contribution in [0.25, 0.3) is 11.1 Å². The second-order valence-corrected chi connectivity index (χ2v) is 4.00. The number of hydrogen-bond acceptors (Lipinski definition) is 3. The lowest BCUT2D eigenvalue weighted by molar-refractivity contribution is 0.0526. The van der Waals surface area contributed by atoms with Crippen molar-refractivity contribution in [2.75, 3.05) is 6.61 Å². The molecule has 0 atom stereocenters. The highest BCUT2D eigenvalue weighted by atomic mass is 16.5. The summed E-state index contributed by atoms with van der Waals surface area (Å²) in [6.45, 7) is 2.13. The van der Waals surface area contributed by atoms with Crippen LogP contribution in [0, 0.1) is 0 Å². The molecule has 0 aliphatic carbocycles. The summed E-state index contributed by atoms with van der Waals surface area (Å²) in [5, 5.41) is 0. The topological polar surface area (TPSA) is 43.4 Å². The number of ether oxygens (including phenoxy) is 1. The van der Waals surface area contributed by atoms with Gasteiger partial charge in [-0.25, -0.2) is 4.79 Å². The quantitative estimate of drug-likeness (QED) is 0.620. The first-order valence-electron chi connectivity index (χ1n) is 6.08. The summed E-state index contributed by atoms with van der Waals surface area (Å²) in [7, 11) is 0. The monoisotopic (exact) mass is 254 g/mol. The van der Waals surface area contributed by atoms with Crippen molar-refractivity contribution in [1.29, 1.82) is 0 Å². The molecule has 0 fully saturated rings. The maximum atomic E-state index is 11.5. The molecule has 0 heterocycles. The lowest BCUT2D eigenvalue weighted by Crippen LogP contribution is -2.04. The summed E-state index contributed by atoms with van der Waals surface area (Å²) in [5.74, 6) is -0.335. The van der Waals surface area contributed by atoms with Crippen LogP contribution in [0.15, 0.2) is 48.5 Å². The van der Waals surface area contributed by atoms with E-state index in [2.05, 4.69) is 0 Å². The Labute approximate surface area is 111 Å². The van der Waals surface area contributed by atoms with E-state index in [4.69, 9.17) is 4.74 Å². The van der Waals surface area contributed by atoms with Crippen LogP contribution in [0.4, 0.5) is 0 Å². The van der Waals surface area contributed by atoms with Gasteiger partial charge in [0.25, 0.3) is 0 Å². The highest BCUT2D eigenvalue weighted by Crippen LogP contribution is 2.23. The Kier molecular flexibility index (Phi) is 4.08. The van der Waals surface area contributed by atoms with Gasteiger partial charge in [-0.3, -0.25) is 4.79 Å². The van der Waals surface area contributed by atoms with E-state index in [1.165, 1.54) is 0 Å². The molecule has 2 aromatic rings. The Morgan fingerprint density at radius 1 is 1.11 bits per heavy atom. The van der Waals surface area contributed by atoms with Crippen LogP contribution in [0.5, 0.6) is 0 Å². The number of benzene rings is 2. The van der Waals surface area contributed by atoms with Gasteiger partial charge in [0.1, 0.15) is 0 Å². The van der Waals surface area contributed by atoms with Crippen LogP contribution < -0.4 is 0 Å². The molecule has 2 rings (SSSR count). The van der Waals surface area contributed by atoms with Crippen LogP contribution in [0.2, 0.25) is 0 Å². The predicted molar refractivity (Wildman–Crippen MR) is 73.2 cm³/mol. The minimum Gasteiger partial charge on any atom is -0.462 e. The van der Waals surface area contributed by atoms with Crippen molar-refractivity contribution in [2.45, 2.75) is 6.92 Å². The number of hydrogen-bond donors (Lipinski definition) is 0. The molecule has 0 spiro atoms. The molecule has 0 unspecified atom stereocenters. The SMILES string of the molecule is CCOC(=O)c1ccc(-c2ccccc2C=O)cc1. The number of esters is 1. The normalized spacial score (nSPS) is 9.95. The number of carbonyl (C=O) groups is 2. The molecule has 0 bridgehead atoms. The highest BCUT2D eigenvalue weighted by Gasteiger charge is 2.08. The summed E-state index contributed by atoms with van der Waals surface area (Å²) in [6.07, 6.45) is 0.828. The Morgan fingerprint density at radius 3 is 2.42 bits per heavy atom. The van der Waals surface area contributed by atoms with Gasteiger partial charge in [0.05, 0.1) is 12.2 Å². The highest BCUT2D eigenvalue weighted by molar-refractivity contribution is 5.91. The Balaban J connectivity index is 2.32. The lowest BCUT2D eigenvalue weighted by atomic mass is 9.99. The predicted octanol–water partition coefficient (Wildman–Crippen LogP) is 3.34. The summed E-state index contributed by atoms with van der Waals surface area (Å²) in [4.78, 5) is 22.5. The molecule has 0 N–H and O–H groups in total. The molecule has 96 valence electrons. The van der Waals surface area contributed by atoms with Gasteiger partial charge < -0.3 is 4.74 Å². The Morgan fingerprint density at radius 2 is 1.79 bits per heavy atom. The number of aldehydes is 1. The van der Waals surface area contributed by atoms with Gasteiger partial charge >= 0.3 is 5.97 Å². The van der Waals surface area contributed by atoms with Crippen LogP contribution in [-0.4, -0.2) is 18.9 Å². The maximum Gasteiger partial charge on any atom is 0.338 e. The average molecular weight is 254 g/mol. The van der Waals surface area contributed by atoms with Crippen molar-refractivity contribution >= 4 is 12.3 Å². The van der Waals surface area contributed by atoms with E-state index in [1.807, 2.05) is 30.3 Å². The van der Waals surface area contributed by atoms with Gasteiger partial charge in [-0.05, 0) is 30.2 Å². The molecule has 0 amide bonds. The van der Waals surface area contributed by atoms with Crippen LogP contribution >= 0.6 is 0 Å². The van der Waals surface area contributed by atoms with E-state index >= 15 is 0 Å². The van der Waals surface area contributed by atoms with E-state index in [0.717, 1.165) is 17.4 Å². The van der Waals surface area contributed by atoms with Crippen molar-refractivity contribution in [1.82, 2.24) is 0 Å². The van der Waals surface area contributed by atoms with Crippen LogP contribution in [-0.2, 0) is 4.74 Å². The Bertz CT molecular complexity index is 585. The zero-order valence-corrected chi connectivity index (χ0v) is 10.6. The number of carbonyl (C=O) groups excluding carboxylic acids is 2. The van der Waals surface area contributed by atoms with Gasteiger partial charge in [-0.15, -0.1) is 0 Å². The molecule has 3 heteroatoms. The van der Waals surface area contributed by atoms with Gasteiger partial charge in [0.2, 0.25) is 0 Å². The molecular weight excluding hydrogens is 240 g/mol. The molecule has 0 saturated carbocycles. The molecule has 0 radical (unpaired) electrons. The fourth-order valence-corrected chi connectivity index (χ4v) is 1.86. The fourth-order valence-electron chi connectivity index (χ4n) is 1.86. The van der Waals surface area contributed by atoms with E-state index in [0.29, 0.717) is 17.7 Å². The van der Waals surface area contributed by atoms with E-state index < -0.39 is 0 Å². The first kappa shape index (κ1) is 13.0. The number of rotatable bonds is 4. The second-order valence-electron chi connectivity index (χ2n) is 4.00. The van der Waals surface area contributed by atoms with Crippen molar-refractivity contribution in [3.63, 3.8) is 0 Å². The van der Waals surface area contributed by atoms with Crippen molar-refractivity contribution < 1.29 is 14.3 Å². The van der Waals surface area contributed by atoms with Crippen molar-refractivity contribution in [3.8, 4) is 11.1 Å². The van der Waals surface area contributed by atoms with Crippen molar-refractivity contribution in [3.05, 3.63) is 59.7 Å². The minimum absolute atomic E-state index is 0.335. The van der Waals surface area contributed by atoms with E-state index in [1.54, 1.807) is 25.1 Å². The van der Waals surface area contributed by atoms with E-state index in [9.17, 15) is 9.59 Å². The largest absolute Gasteiger partial charge is 0.462 e. The zero-order chi connectivity index (χ0) is 13.7. The molecular formula is C16H14O3. The van der Waals surface area contributed by atoms with Gasteiger partial charge in [0.15, 0.2) is 6.29 Å². The van der Waals surface area contributed by atoms with Gasteiger partial charge in [-0.2, -0.15) is 0 Å². The van der Waals surface area contributed by atoms with Crippen LogP contribution in [0.3, 0.4) is 0 Å². The fraction of sp³-hybridized carbons (Fsp3) is 0.125. The van der Waals surface area contributed by atoms with Crippen LogP contribution in [0.1, 0.15) is 27.6 Å². The lowest BCUT2D eigenvalue weighted by Gasteiger charge is -2.06. The van der Waals surface area contributed by atoms with Gasteiger partial charge in [0, 0.05) is 5.56 Å². The third-order valence-corrected chi connectivity index (χ3v) is 2.79. The molecule has 0 aliphatic rings. The molecule has 2 aromatic carbocycles. The first-order chi connectivity index (χ1) is 9.26. The maximum absolute atomic E-state index is 11.5. The van der Waals surface area contributed by atoms with Crippen molar-refractivity contribution in [2.24, 2.45) is 0 Å². The second kappa shape index (κ2) is 5.96. The summed E-state index contributed by atoms with van der Waals surface area (Å²) in [6, 6.07) is 14.4. The average Bonchev–Trinajstić information content (AvgIpc) is 2.47. The molecule has 0 aromatic heterocycles. The molecule has 3 nitrogen and oxygen atoms in total. The standard InChI is InChI=1S/C16H14O3/c1-2-19-16(18)13-9-7-12(8-10-13)15-6-4-3-5-14(15)11-17/h3-11H,2H2,1H3. The van der Waals surface area contributed by atoms with E-state index in [-0.39, 0.29) is 5.97 Å². The summed E-state index contributed by atoms with van der Waals surface area (Å²) < 4.78 is 4.92. The minimum atomic E-state index is -0.335. The first-order valence-corrected chi connectivity index (χ1v) is 6.08. The third kappa shape index (κ3) is 2.88. The third-order valence-electron chi connectivity index (χ3n) is 2.79. The zero-order valence-electron chi connectivity index (χ0n) is 10.6. The Hall–Kier alpha value is -2.42. The smallest absolute Gasteiger partial charge is 0.338 e. The summed E-state index contributed by atoms with van der Waals surface area (Å²) >= 11 is 0. The molecule has 0 aliphatic heterocycles. The van der Waals surface area contributed by atoms with Gasteiger partial charge in [-0.1, -0.05) is 36.4 Å². The summed E-state index contributed by atoms with van der Waals surface area (Å²) in [5.41, 5.74) is 2.89.